The molecule has 0 saturated carbocycles. The number of likely N-dealkylation sites (tertiary alicyclic amines) is 1. The van der Waals surface area contributed by atoms with E-state index in [9.17, 15) is 14.3 Å². The molecule has 3 aromatic heterocycles. The summed E-state index contributed by atoms with van der Waals surface area (Å²) in [6, 6.07) is 7.93. The van der Waals surface area contributed by atoms with E-state index >= 15 is 4.39 Å². The van der Waals surface area contributed by atoms with Crippen molar-refractivity contribution in [2.24, 2.45) is 0 Å². The van der Waals surface area contributed by atoms with Gasteiger partial charge in [-0.3, -0.25) is 9.78 Å². The van der Waals surface area contributed by atoms with Crippen LogP contribution in [0.5, 0.6) is 11.8 Å². The molecule has 2 aromatic carbocycles. The molecule has 1 amide bonds. The molecule has 0 atom stereocenters. The van der Waals surface area contributed by atoms with Crippen molar-refractivity contribution in [2.45, 2.75) is 32.7 Å². The number of carbonyl (C=O) groups excluding carboxylic acids is 1. The number of benzene rings is 2. The molecule has 9 nitrogen and oxygen atoms in total. The second-order valence-electron chi connectivity index (χ2n) is 9.97. The van der Waals surface area contributed by atoms with Crippen molar-refractivity contribution in [1.82, 2.24) is 29.4 Å². The summed E-state index contributed by atoms with van der Waals surface area (Å²) < 4.78 is 36.7. The normalized spacial score (nSPS) is 14.2. The minimum Gasteiger partial charge on any atom is -0.424 e. The zero-order chi connectivity index (χ0) is 28.8. The molecule has 6 rings (SSSR count). The maximum Gasteiger partial charge on any atom is 0.322 e. The Labute approximate surface area is 238 Å². The first-order chi connectivity index (χ1) is 19.7. The maximum atomic E-state index is 15.5. The summed E-state index contributed by atoms with van der Waals surface area (Å²) in [6.07, 6.45) is 4.06. The highest BCUT2D eigenvalue weighted by Gasteiger charge is 2.27. The van der Waals surface area contributed by atoms with E-state index in [1.807, 2.05) is 6.92 Å². The molecule has 0 spiro atoms. The van der Waals surface area contributed by atoms with E-state index in [-0.39, 0.29) is 34.2 Å². The van der Waals surface area contributed by atoms with Crippen LogP contribution in [0.3, 0.4) is 0 Å². The third kappa shape index (κ3) is 4.95. The molecule has 210 valence electrons. The Morgan fingerprint density at radius 3 is 2.51 bits per heavy atom. The van der Waals surface area contributed by atoms with E-state index in [1.165, 1.54) is 19.1 Å². The second-order valence-corrected chi connectivity index (χ2v) is 10.4. The Bertz CT molecular complexity index is 1820. The van der Waals surface area contributed by atoms with Gasteiger partial charge in [-0.2, -0.15) is 4.98 Å². The third-order valence-electron chi connectivity index (χ3n) is 7.44. The number of pyridine rings is 1. The number of aryl methyl sites for hydroxylation is 2. The van der Waals surface area contributed by atoms with Crippen molar-refractivity contribution in [3.05, 3.63) is 70.9 Å². The molecule has 4 heterocycles. The standard InChI is InChI=1S/C29H25ClF2N6O3/c1-15-24(32)12-34-29(35-15)41-18-3-4-19(22(30)9-18)20-10-21-25(11-23(20)31)33-13-26-28(21)38(16(2)36-26)17-5-7-37(8-6-17)27(40)14-39/h3-4,9-13,17,39H,5-8,14H2,1-2H3. The molecule has 0 unspecified atom stereocenters. The Balaban J connectivity index is 1.39. The minimum atomic E-state index is -0.542. The molecule has 5 aromatic rings. The van der Waals surface area contributed by atoms with Crippen molar-refractivity contribution < 1.29 is 23.4 Å². The summed E-state index contributed by atoms with van der Waals surface area (Å²) in [5.74, 6) is -0.199. The van der Waals surface area contributed by atoms with Crippen molar-refractivity contribution in [3.8, 4) is 22.9 Å². The molecule has 0 radical (unpaired) electrons. The van der Waals surface area contributed by atoms with Gasteiger partial charge in [-0.15, -0.1) is 0 Å². The van der Waals surface area contributed by atoms with Crippen LogP contribution in [0.15, 0.2) is 42.7 Å². The first kappa shape index (κ1) is 27.0. The monoisotopic (exact) mass is 578 g/mol. The average molecular weight is 579 g/mol. The third-order valence-corrected chi connectivity index (χ3v) is 7.75. The highest BCUT2D eigenvalue weighted by atomic mass is 35.5. The van der Waals surface area contributed by atoms with Gasteiger partial charge in [0.2, 0.25) is 5.91 Å². The Morgan fingerprint density at radius 2 is 1.80 bits per heavy atom. The number of ether oxygens (including phenoxy) is 1. The SMILES string of the molecule is Cc1nc(Oc2ccc(-c3cc4c(cc3F)ncc3nc(C)n(C5CCN(C(=O)CO)CC5)c34)c(Cl)c2)ncc1F. The fourth-order valence-electron chi connectivity index (χ4n) is 5.40. The number of piperidine rings is 1. The van der Waals surface area contributed by atoms with Gasteiger partial charge in [0.15, 0.2) is 5.82 Å². The molecule has 1 fully saturated rings. The number of rotatable bonds is 5. The minimum absolute atomic E-state index is 0.0340. The van der Waals surface area contributed by atoms with Crippen LogP contribution in [0.4, 0.5) is 8.78 Å². The molecule has 1 saturated heterocycles. The van der Waals surface area contributed by atoms with Crippen LogP contribution in [0.25, 0.3) is 33.1 Å². The number of halogens is 3. The van der Waals surface area contributed by atoms with Crippen LogP contribution >= 0.6 is 11.6 Å². The molecule has 41 heavy (non-hydrogen) atoms. The van der Waals surface area contributed by atoms with Gasteiger partial charge in [0.1, 0.15) is 29.5 Å². The molecule has 12 heteroatoms. The summed E-state index contributed by atoms with van der Waals surface area (Å²) in [5.41, 5.74) is 2.88. The predicted molar refractivity (Wildman–Crippen MR) is 149 cm³/mol. The highest BCUT2D eigenvalue weighted by molar-refractivity contribution is 6.33. The van der Waals surface area contributed by atoms with Gasteiger partial charge in [0.25, 0.3) is 0 Å². The smallest absolute Gasteiger partial charge is 0.322 e. The quantitative estimate of drug-likeness (QED) is 0.292. The Kier molecular flexibility index (Phi) is 7.00. The number of aliphatic hydroxyl groups is 1. The number of hydrogen-bond acceptors (Lipinski definition) is 7. The summed E-state index contributed by atoms with van der Waals surface area (Å²) in [4.78, 5) is 30.6. The number of carbonyl (C=O) groups is 1. The Hall–Kier alpha value is -4.22. The molecule has 1 aliphatic rings. The number of amides is 1. The summed E-state index contributed by atoms with van der Waals surface area (Å²) in [7, 11) is 0. The van der Waals surface area contributed by atoms with Gasteiger partial charge in [0, 0.05) is 47.8 Å². The van der Waals surface area contributed by atoms with Crippen LogP contribution in [0, 0.1) is 25.5 Å². The number of imidazole rings is 1. The number of nitrogens with zero attached hydrogens (tertiary/aromatic N) is 6. The maximum absolute atomic E-state index is 15.5. The van der Waals surface area contributed by atoms with Crippen molar-refractivity contribution in [2.75, 3.05) is 19.7 Å². The number of aromatic nitrogens is 5. The highest BCUT2D eigenvalue weighted by Crippen LogP contribution is 2.38. The number of hydrogen-bond donors (Lipinski definition) is 1. The topological polar surface area (TPSA) is 106 Å². The molecule has 1 aliphatic heterocycles. The fraction of sp³-hybridized carbons (Fsp3) is 0.276. The lowest BCUT2D eigenvalue weighted by Crippen LogP contribution is -2.40. The molecule has 0 aliphatic carbocycles. The Morgan fingerprint density at radius 1 is 1.02 bits per heavy atom. The zero-order valence-electron chi connectivity index (χ0n) is 22.2. The number of aliphatic hydroxyl groups excluding tert-OH is 1. The number of fused-ring (bicyclic) bond motifs is 3. The van der Waals surface area contributed by atoms with E-state index in [2.05, 4.69) is 19.5 Å². The molecular formula is C29H25ClF2N6O3. The fourth-order valence-corrected chi connectivity index (χ4v) is 5.68. The molecule has 1 N–H and O–H groups in total. The van der Waals surface area contributed by atoms with Crippen molar-refractivity contribution >= 4 is 39.4 Å². The van der Waals surface area contributed by atoms with Crippen LogP contribution < -0.4 is 4.74 Å². The van der Waals surface area contributed by atoms with Gasteiger partial charge < -0.3 is 19.3 Å². The van der Waals surface area contributed by atoms with Crippen molar-refractivity contribution in [1.29, 1.82) is 0 Å². The van der Waals surface area contributed by atoms with Gasteiger partial charge in [-0.25, -0.2) is 18.7 Å². The summed E-state index contributed by atoms with van der Waals surface area (Å²) in [5, 5.41) is 10.2. The van der Waals surface area contributed by atoms with Gasteiger partial charge in [0.05, 0.1) is 34.1 Å². The first-order valence-electron chi connectivity index (χ1n) is 13.1. The van der Waals surface area contributed by atoms with Crippen LogP contribution in [0.2, 0.25) is 5.02 Å². The largest absolute Gasteiger partial charge is 0.424 e. The van der Waals surface area contributed by atoms with E-state index < -0.39 is 18.2 Å². The lowest BCUT2D eigenvalue weighted by Gasteiger charge is -2.33. The van der Waals surface area contributed by atoms with Crippen LogP contribution in [0.1, 0.15) is 30.4 Å². The molecular weight excluding hydrogens is 554 g/mol. The van der Waals surface area contributed by atoms with E-state index in [0.29, 0.717) is 48.3 Å². The summed E-state index contributed by atoms with van der Waals surface area (Å²) in [6.45, 7) is 3.97. The average Bonchev–Trinajstić information content (AvgIpc) is 3.31. The van der Waals surface area contributed by atoms with Crippen LogP contribution in [-0.2, 0) is 4.79 Å². The lowest BCUT2D eigenvalue weighted by atomic mass is 10.0. The molecule has 0 bridgehead atoms. The van der Waals surface area contributed by atoms with Gasteiger partial charge in [-0.1, -0.05) is 11.6 Å². The van der Waals surface area contributed by atoms with E-state index in [4.69, 9.17) is 21.3 Å². The van der Waals surface area contributed by atoms with Crippen molar-refractivity contribution in [3.63, 3.8) is 0 Å². The lowest BCUT2D eigenvalue weighted by molar-refractivity contribution is -0.135. The van der Waals surface area contributed by atoms with E-state index in [1.54, 1.807) is 29.3 Å². The zero-order valence-corrected chi connectivity index (χ0v) is 23.0. The second kappa shape index (κ2) is 10.6. The first-order valence-corrected chi connectivity index (χ1v) is 13.4. The van der Waals surface area contributed by atoms with E-state index in [0.717, 1.165) is 22.9 Å². The predicted octanol–water partition coefficient (Wildman–Crippen LogP) is 5.54. The summed E-state index contributed by atoms with van der Waals surface area (Å²) >= 11 is 6.61. The van der Waals surface area contributed by atoms with Gasteiger partial charge in [-0.05, 0) is 44.9 Å². The van der Waals surface area contributed by atoms with Gasteiger partial charge >= 0.3 is 6.01 Å². The van der Waals surface area contributed by atoms with Crippen LogP contribution in [-0.4, -0.2) is 60.1 Å².